The molecule has 2 aliphatic heterocycles. The third-order valence-electron chi connectivity index (χ3n) is 5.41. The van der Waals surface area contributed by atoms with Crippen molar-refractivity contribution in [1.29, 1.82) is 0 Å². The normalized spacial score (nSPS) is 21.7. The molecule has 5 N–H and O–H groups in total. The molecule has 0 saturated carbocycles. The summed E-state index contributed by atoms with van der Waals surface area (Å²) in [5.41, 5.74) is 11.1. The Balaban J connectivity index is 1.40. The van der Waals surface area contributed by atoms with E-state index in [1.807, 2.05) is 18.2 Å². The molecule has 1 fully saturated rings. The fourth-order valence-electron chi connectivity index (χ4n) is 3.79. The maximum absolute atomic E-state index is 6.65. The van der Waals surface area contributed by atoms with Gasteiger partial charge in [-0.15, -0.1) is 0 Å². The van der Waals surface area contributed by atoms with Crippen molar-refractivity contribution >= 4 is 6.21 Å². The quantitative estimate of drug-likeness (QED) is 0.545. The summed E-state index contributed by atoms with van der Waals surface area (Å²) in [7, 11) is 0. The summed E-state index contributed by atoms with van der Waals surface area (Å²) < 4.78 is 0. The standard InChI is InChI=1S/C23H30N6/c1-18-5-2-6-19(15-18)20-7-3-8-21(16-20)23(24)27-11-9-22(28-23)26-10-4-13-29-14-12-25-17-29/h2-3,5-9,11,15-16,25-26,28H,4,10,12-14,17,24H2,1H3. The number of allylic oxidation sites excluding steroid dienone is 1. The monoisotopic (exact) mass is 390 g/mol. The second-order valence-corrected chi connectivity index (χ2v) is 7.76. The predicted octanol–water partition coefficient (Wildman–Crippen LogP) is 2.09. The first-order valence-electron chi connectivity index (χ1n) is 10.3. The van der Waals surface area contributed by atoms with E-state index >= 15 is 0 Å². The third-order valence-corrected chi connectivity index (χ3v) is 5.41. The number of rotatable bonds is 7. The van der Waals surface area contributed by atoms with Gasteiger partial charge in [0.1, 0.15) is 5.82 Å². The SMILES string of the molecule is Cc1cccc(-c2cccc(C3(N)N=CC=C(NCCCN4CCNC4)N3)c2)c1. The molecule has 6 heteroatoms. The zero-order chi connectivity index (χ0) is 20.1. The molecule has 1 atom stereocenters. The number of hydrogen-bond acceptors (Lipinski definition) is 6. The van der Waals surface area contributed by atoms with E-state index in [9.17, 15) is 0 Å². The average molecular weight is 391 g/mol. The van der Waals surface area contributed by atoms with E-state index in [1.54, 1.807) is 6.21 Å². The second-order valence-electron chi connectivity index (χ2n) is 7.76. The van der Waals surface area contributed by atoms with Gasteiger partial charge >= 0.3 is 0 Å². The average Bonchev–Trinajstić information content (AvgIpc) is 3.25. The fourth-order valence-corrected chi connectivity index (χ4v) is 3.79. The second kappa shape index (κ2) is 8.78. The van der Waals surface area contributed by atoms with Gasteiger partial charge in [-0.3, -0.25) is 10.6 Å². The van der Waals surface area contributed by atoms with Crippen LogP contribution in [0.4, 0.5) is 0 Å². The first-order valence-corrected chi connectivity index (χ1v) is 10.3. The molecule has 2 heterocycles. The molecule has 0 spiro atoms. The lowest BCUT2D eigenvalue weighted by Gasteiger charge is -2.32. The minimum absolute atomic E-state index is 0.891. The van der Waals surface area contributed by atoms with Gasteiger partial charge in [-0.1, -0.05) is 48.0 Å². The molecule has 0 amide bonds. The van der Waals surface area contributed by atoms with Gasteiger partial charge in [-0.25, -0.2) is 4.99 Å². The van der Waals surface area contributed by atoms with Crippen molar-refractivity contribution in [2.45, 2.75) is 19.1 Å². The van der Waals surface area contributed by atoms with Gasteiger partial charge in [0.25, 0.3) is 0 Å². The molecule has 29 heavy (non-hydrogen) atoms. The summed E-state index contributed by atoms with van der Waals surface area (Å²) in [4.78, 5) is 6.96. The molecular formula is C23H30N6. The molecule has 0 aromatic heterocycles. The van der Waals surface area contributed by atoms with Crippen LogP contribution in [0.2, 0.25) is 0 Å². The highest BCUT2D eigenvalue weighted by atomic mass is 15.3. The minimum atomic E-state index is -0.976. The number of nitrogens with one attached hydrogen (secondary N) is 3. The van der Waals surface area contributed by atoms with Gasteiger partial charge < -0.3 is 16.0 Å². The Hall–Kier alpha value is -2.67. The maximum atomic E-state index is 6.65. The largest absolute Gasteiger partial charge is 0.372 e. The van der Waals surface area contributed by atoms with E-state index < -0.39 is 5.79 Å². The molecule has 2 aliphatic rings. The van der Waals surface area contributed by atoms with Crippen LogP contribution in [0.1, 0.15) is 17.5 Å². The van der Waals surface area contributed by atoms with Crippen molar-refractivity contribution in [3.8, 4) is 11.1 Å². The number of benzene rings is 2. The van der Waals surface area contributed by atoms with E-state index in [1.165, 1.54) is 11.1 Å². The molecule has 2 aromatic rings. The number of nitrogens with two attached hydrogens (primary N) is 1. The Morgan fingerprint density at radius 2 is 2.00 bits per heavy atom. The molecule has 1 unspecified atom stereocenters. The van der Waals surface area contributed by atoms with Crippen LogP contribution in [0.3, 0.4) is 0 Å². The first-order chi connectivity index (χ1) is 14.1. The summed E-state index contributed by atoms with van der Waals surface area (Å²) in [6.45, 7) is 7.31. The van der Waals surface area contributed by atoms with Gasteiger partial charge in [0, 0.05) is 44.6 Å². The molecule has 152 valence electrons. The summed E-state index contributed by atoms with van der Waals surface area (Å²) in [6, 6.07) is 16.8. The van der Waals surface area contributed by atoms with Crippen molar-refractivity contribution in [2.24, 2.45) is 10.7 Å². The van der Waals surface area contributed by atoms with Crippen LogP contribution >= 0.6 is 0 Å². The Bertz CT molecular complexity index is 900. The lowest BCUT2D eigenvalue weighted by molar-refractivity contribution is 0.325. The zero-order valence-electron chi connectivity index (χ0n) is 17.0. The van der Waals surface area contributed by atoms with Crippen LogP contribution in [-0.2, 0) is 5.79 Å². The first kappa shape index (κ1) is 19.6. The van der Waals surface area contributed by atoms with Crippen molar-refractivity contribution in [3.05, 3.63) is 71.6 Å². The lowest BCUT2D eigenvalue weighted by Crippen LogP contribution is -2.52. The summed E-state index contributed by atoms with van der Waals surface area (Å²) in [6.07, 6.45) is 4.80. The van der Waals surface area contributed by atoms with Gasteiger partial charge in [0.15, 0.2) is 0 Å². The molecular weight excluding hydrogens is 360 g/mol. The van der Waals surface area contributed by atoms with Gasteiger partial charge in [0.2, 0.25) is 5.79 Å². The maximum Gasteiger partial charge on any atom is 0.210 e. The number of aliphatic imine (C=N–C) groups is 1. The van der Waals surface area contributed by atoms with E-state index in [0.717, 1.165) is 56.2 Å². The highest BCUT2D eigenvalue weighted by Crippen LogP contribution is 2.26. The van der Waals surface area contributed by atoms with Crippen molar-refractivity contribution in [2.75, 3.05) is 32.8 Å². The smallest absolute Gasteiger partial charge is 0.210 e. The summed E-state index contributed by atoms with van der Waals surface area (Å²) >= 11 is 0. The third kappa shape index (κ3) is 4.85. The zero-order valence-corrected chi connectivity index (χ0v) is 17.0. The molecule has 0 bridgehead atoms. The number of aryl methyl sites for hydroxylation is 1. The van der Waals surface area contributed by atoms with Crippen LogP contribution in [0.25, 0.3) is 11.1 Å². The molecule has 4 rings (SSSR count). The number of nitrogens with zero attached hydrogens (tertiary/aromatic N) is 2. The van der Waals surface area contributed by atoms with E-state index in [-0.39, 0.29) is 0 Å². The Kier molecular flexibility index (Phi) is 5.94. The van der Waals surface area contributed by atoms with Crippen molar-refractivity contribution in [1.82, 2.24) is 20.9 Å². The molecule has 0 aliphatic carbocycles. The van der Waals surface area contributed by atoms with Gasteiger partial charge in [0.05, 0.1) is 0 Å². The highest BCUT2D eigenvalue weighted by molar-refractivity contribution is 5.74. The molecule has 1 saturated heterocycles. The Morgan fingerprint density at radius 3 is 2.79 bits per heavy atom. The van der Waals surface area contributed by atoms with E-state index in [0.29, 0.717) is 0 Å². The summed E-state index contributed by atoms with van der Waals surface area (Å²) in [5, 5.41) is 10.2. The molecule has 2 aromatic carbocycles. The van der Waals surface area contributed by atoms with Crippen molar-refractivity contribution < 1.29 is 0 Å². The van der Waals surface area contributed by atoms with Crippen LogP contribution in [0.5, 0.6) is 0 Å². The van der Waals surface area contributed by atoms with Crippen LogP contribution < -0.4 is 21.7 Å². The minimum Gasteiger partial charge on any atom is -0.372 e. The van der Waals surface area contributed by atoms with E-state index in [2.05, 4.69) is 69.2 Å². The highest BCUT2D eigenvalue weighted by Gasteiger charge is 2.28. The van der Waals surface area contributed by atoms with Crippen molar-refractivity contribution in [3.63, 3.8) is 0 Å². The van der Waals surface area contributed by atoms with Crippen LogP contribution in [-0.4, -0.2) is 44.0 Å². The topological polar surface area (TPSA) is 77.7 Å². The molecule has 0 radical (unpaired) electrons. The summed E-state index contributed by atoms with van der Waals surface area (Å²) in [5.74, 6) is -0.0708. The van der Waals surface area contributed by atoms with Crippen LogP contribution in [0.15, 0.2) is 65.4 Å². The van der Waals surface area contributed by atoms with Gasteiger partial charge in [-0.05, 0) is 36.6 Å². The van der Waals surface area contributed by atoms with Crippen LogP contribution in [0, 0.1) is 6.92 Å². The Morgan fingerprint density at radius 1 is 1.17 bits per heavy atom. The van der Waals surface area contributed by atoms with Gasteiger partial charge in [-0.2, -0.15) is 0 Å². The predicted molar refractivity (Wildman–Crippen MR) is 119 cm³/mol. The Labute approximate surface area is 172 Å². The molecule has 6 nitrogen and oxygen atoms in total. The lowest BCUT2D eigenvalue weighted by atomic mass is 9.98. The number of hydrogen-bond donors (Lipinski definition) is 4. The fraction of sp³-hybridized carbons (Fsp3) is 0.348. The van der Waals surface area contributed by atoms with E-state index in [4.69, 9.17) is 5.73 Å².